The third-order valence-corrected chi connectivity index (χ3v) is 12.6. The maximum atomic E-state index is 13.0. The summed E-state index contributed by atoms with van der Waals surface area (Å²) in [6.45, 7) is 7.54. The van der Waals surface area contributed by atoms with Crippen molar-refractivity contribution in [3.8, 4) is 0 Å². The maximum absolute atomic E-state index is 13.0. The van der Waals surface area contributed by atoms with Gasteiger partial charge in [0.1, 0.15) is 22.8 Å². The van der Waals surface area contributed by atoms with Gasteiger partial charge in [-0.1, -0.05) is 12.8 Å². The predicted octanol–water partition coefficient (Wildman–Crippen LogP) is 0.921. The molecule has 5 rings (SSSR count). The van der Waals surface area contributed by atoms with E-state index in [4.69, 9.17) is 9.47 Å². The highest BCUT2D eigenvalue weighted by Crippen LogP contribution is 2.52. The minimum Gasteiger partial charge on any atom is -0.426 e. The summed E-state index contributed by atoms with van der Waals surface area (Å²) in [5.41, 5.74) is 0. The fourth-order valence-electron chi connectivity index (χ4n) is 6.00. The van der Waals surface area contributed by atoms with E-state index in [2.05, 4.69) is 9.89 Å². The number of thioether (sulfide) groups is 1. The van der Waals surface area contributed by atoms with Crippen LogP contribution in [0.15, 0.2) is 4.99 Å². The van der Waals surface area contributed by atoms with Crippen molar-refractivity contribution in [3.05, 3.63) is 0 Å². The molecule has 5 atom stereocenters. The SMILES string of the molecule is CC1(C)S[C@@H]2C(N=CN3CCCCCC3)C(=O)N2[C@H]1C(=O)OCOC(=O)[C@@H]1N2C(=O)C[C@H]2S(=O)(=O)C1(C)C.Cl. The van der Waals surface area contributed by atoms with Crippen LogP contribution in [0.25, 0.3) is 0 Å². The summed E-state index contributed by atoms with van der Waals surface area (Å²) in [6.07, 6.45) is 6.20. The van der Waals surface area contributed by atoms with E-state index in [1.54, 1.807) is 6.34 Å². The number of β-lactam (4-membered cyclic amide) rings is 2. The molecule has 5 heterocycles. The van der Waals surface area contributed by atoms with Crippen LogP contribution < -0.4 is 0 Å². The summed E-state index contributed by atoms with van der Waals surface area (Å²) in [5.74, 6) is -2.37. The molecule has 15 heteroatoms. The summed E-state index contributed by atoms with van der Waals surface area (Å²) in [7, 11) is -3.76. The Morgan fingerprint density at radius 1 is 1.00 bits per heavy atom. The number of rotatable bonds is 6. The van der Waals surface area contributed by atoms with E-state index in [1.165, 1.54) is 43.4 Å². The molecule has 0 aliphatic carbocycles. The molecule has 1 unspecified atom stereocenters. The molecule has 0 aromatic carbocycles. The van der Waals surface area contributed by atoms with Gasteiger partial charge < -0.3 is 24.2 Å². The molecule has 0 aromatic heterocycles. The zero-order valence-electron chi connectivity index (χ0n) is 22.4. The van der Waals surface area contributed by atoms with Crippen LogP contribution >= 0.6 is 24.2 Å². The van der Waals surface area contributed by atoms with Crippen molar-refractivity contribution in [2.45, 2.75) is 98.2 Å². The van der Waals surface area contributed by atoms with Gasteiger partial charge in [-0.15, -0.1) is 24.2 Å². The van der Waals surface area contributed by atoms with Crippen LogP contribution in [0.5, 0.6) is 0 Å². The van der Waals surface area contributed by atoms with Crippen LogP contribution in [0.4, 0.5) is 0 Å². The van der Waals surface area contributed by atoms with Crippen molar-refractivity contribution in [1.82, 2.24) is 14.7 Å². The first kappa shape index (κ1) is 29.9. The molecule has 0 saturated carbocycles. The summed E-state index contributed by atoms with van der Waals surface area (Å²) >= 11 is 1.48. The molecule has 218 valence electrons. The van der Waals surface area contributed by atoms with E-state index >= 15 is 0 Å². The van der Waals surface area contributed by atoms with E-state index in [1.807, 2.05) is 13.8 Å². The lowest BCUT2D eigenvalue weighted by Gasteiger charge is -2.42. The highest BCUT2D eigenvalue weighted by atomic mass is 35.5. The number of hydrogen-bond donors (Lipinski definition) is 0. The largest absolute Gasteiger partial charge is 0.426 e. The number of hydrogen-bond acceptors (Lipinski definition) is 10. The highest BCUT2D eigenvalue weighted by Gasteiger charge is 2.68. The molecule has 5 aliphatic heterocycles. The molecular formula is C24H35ClN4O8S2. The summed E-state index contributed by atoms with van der Waals surface area (Å²) in [4.78, 5) is 60.0. The van der Waals surface area contributed by atoms with Crippen molar-refractivity contribution in [2.75, 3.05) is 19.9 Å². The Hall–Kier alpha value is -2.06. The molecule has 0 spiro atoms. The van der Waals surface area contributed by atoms with Crippen molar-refractivity contribution >= 4 is 64.1 Å². The van der Waals surface area contributed by atoms with Crippen molar-refractivity contribution in [2.24, 2.45) is 4.99 Å². The first-order valence-corrected chi connectivity index (χ1v) is 15.4. The van der Waals surface area contributed by atoms with Crippen molar-refractivity contribution in [1.29, 1.82) is 0 Å². The van der Waals surface area contributed by atoms with Gasteiger partial charge in [-0.3, -0.25) is 14.6 Å². The fourth-order valence-corrected chi connectivity index (χ4v) is 9.74. The highest BCUT2D eigenvalue weighted by molar-refractivity contribution is 8.01. The number of aliphatic imine (C=N–C) groups is 1. The van der Waals surface area contributed by atoms with E-state index in [0.717, 1.165) is 30.8 Å². The monoisotopic (exact) mass is 606 g/mol. The smallest absolute Gasteiger partial charge is 0.333 e. The standard InChI is InChI=1S/C24H34N4O8S2.ClH/c1-23(2)17(28-19(30)16(20(28)37-23)25-12-26-9-7-5-6-8-10-26)21(31)35-13-36-22(32)18-24(3,4)38(33,34)15-11-14(29)27(15)18;/h12,15-18,20H,5-11,13H2,1-4H3;1H/t15-,16?,17+,18+,20-;/m1./s1. The first-order valence-electron chi connectivity index (χ1n) is 12.9. The average molecular weight is 607 g/mol. The number of ether oxygens (including phenoxy) is 2. The first-order chi connectivity index (χ1) is 17.8. The number of likely N-dealkylation sites (tertiary alicyclic amines) is 1. The molecule has 39 heavy (non-hydrogen) atoms. The van der Waals surface area contributed by atoms with E-state index in [0.29, 0.717) is 0 Å². The van der Waals surface area contributed by atoms with Gasteiger partial charge in [0.15, 0.2) is 15.9 Å². The second kappa shape index (κ2) is 10.4. The van der Waals surface area contributed by atoms with Crippen LogP contribution in [0.1, 0.15) is 59.8 Å². The number of halogens is 1. The second-order valence-electron chi connectivity index (χ2n) is 11.5. The van der Waals surface area contributed by atoms with Crippen LogP contribution in [0.2, 0.25) is 0 Å². The van der Waals surface area contributed by atoms with Gasteiger partial charge in [-0.2, -0.15) is 0 Å². The number of amides is 2. The van der Waals surface area contributed by atoms with Gasteiger partial charge >= 0.3 is 11.9 Å². The van der Waals surface area contributed by atoms with E-state index in [-0.39, 0.29) is 30.1 Å². The summed E-state index contributed by atoms with van der Waals surface area (Å²) in [5, 5.41) is -1.33. The van der Waals surface area contributed by atoms with Crippen LogP contribution in [0.3, 0.4) is 0 Å². The quantitative estimate of drug-likeness (QED) is 0.141. The van der Waals surface area contributed by atoms with Gasteiger partial charge in [0.25, 0.3) is 5.91 Å². The molecule has 5 fully saturated rings. The normalized spacial score (nSPS) is 33.8. The maximum Gasteiger partial charge on any atom is 0.333 e. The fraction of sp³-hybridized carbons (Fsp3) is 0.792. The molecule has 5 aliphatic rings. The lowest BCUT2D eigenvalue weighted by molar-refractivity contribution is -0.181. The molecule has 0 radical (unpaired) electrons. The average Bonchev–Trinajstić information content (AvgIpc) is 3.01. The number of carbonyl (C=O) groups excluding carboxylic acids is 4. The van der Waals surface area contributed by atoms with Gasteiger partial charge in [0, 0.05) is 17.8 Å². The molecule has 0 N–H and O–H groups in total. The number of fused-ring (bicyclic) bond motifs is 2. The topological polar surface area (TPSA) is 143 Å². The Kier molecular flexibility index (Phi) is 7.98. The molecule has 2 amide bonds. The second-order valence-corrected chi connectivity index (χ2v) is 15.9. The zero-order valence-corrected chi connectivity index (χ0v) is 24.9. The lowest BCUT2D eigenvalue weighted by atomic mass is 9.96. The number of esters is 2. The summed E-state index contributed by atoms with van der Waals surface area (Å²) < 4.78 is 33.6. The van der Waals surface area contributed by atoms with Crippen LogP contribution in [-0.2, 0) is 38.5 Å². The molecule has 5 saturated heterocycles. The third-order valence-electron chi connectivity index (χ3n) is 8.27. The Labute approximate surface area is 238 Å². The minimum absolute atomic E-state index is 0. The van der Waals surface area contributed by atoms with E-state index < -0.39 is 67.5 Å². The number of nitrogens with zero attached hydrogens (tertiary/aromatic N) is 4. The van der Waals surface area contributed by atoms with Gasteiger partial charge in [0.2, 0.25) is 12.7 Å². The van der Waals surface area contributed by atoms with Gasteiger partial charge in [-0.05, 0) is 40.5 Å². The Morgan fingerprint density at radius 2 is 1.59 bits per heavy atom. The van der Waals surface area contributed by atoms with Crippen LogP contribution in [0, 0.1) is 0 Å². The molecule has 0 aromatic rings. The third kappa shape index (κ3) is 4.69. The minimum atomic E-state index is -3.76. The van der Waals surface area contributed by atoms with Crippen LogP contribution in [-0.4, -0.2) is 111 Å². The molecule has 0 bridgehead atoms. The predicted molar refractivity (Wildman–Crippen MR) is 145 cm³/mol. The molecular weight excluding hydrogens is 572 g/mol. The Balaban J connectivity index is 0.00000353. The Morgan fingerprint density at radius 3 is 2.18 bits per heavy atom. The van der Waals surface area contributed by atoms with E-state index in [9.17, 15) is 27.6 Å². The molecule has 12 nitrogen and oxygen atoms in total. The Bertz CT molecular complexity index is 1180. The van der Waals surface area contributed by atoms with Gasteiger partial charge in [-0.25, -0.2) is 18.0 Å². The van der Waals surface area contributed by atoms with Crippen molar-refractivity contribution in [3.63, 3.8) is 0 Å². The summed E-state index contributed by atoms with van der Waals surface area (Å²) in [6, 6.07) is -2.77. The number of sulfone groups is 1. The van der Waals surface area contributed by atoms with Crippen molar-refractivity contribution < 1.29 is 37.1 Å². The number of carbonyl (C=O) groups is 4. The zero-order chi connectivity index (χ0) is 27.6. The van der Waals surface area contributed by atoms with Gasteiger partial charge in [0.05, 0.1) is 17.5 Å². The lowest BCUT2D eigenvalue weighted by Crippen LogP contribution is -2.65.